The van der Waals surface area contributed by atoms with Gasteiger partial charge >= 0.3 is 5.97 Å². The van der Waals surface area contributed by atoms with E-state index in [1.807, 2.05) is 6.08 Å². The summed E-state index contributed by atoms with van der Waals surface area (Å²) in [5, 5.41) is 0. The molecule has 0 unspecified atom stereocenters. The number of esters is 1. The van der Waals surface area contributed by atoms with Crippen molar-refractivity contribution in [2.24, 2.45) is 0 Å². The fourth-order valence-electron chi connectivity index (χ4n) is 2.83. The molecule has 0 radical (unpaired) electrons. The second-order valence-corrected chi connectivity index (χ2v) is 6.36. The van der Waals surface area contributed by atoms with Gasteiger partial charge < -0.3 is 4.74 Å². The van der Waals surface area contributed by atoms with Crippen molar-refractivity contribution in [3.8, 4) is 0 Å². The molecule has 1 atom stereocenters. The van der Waals surface area contributed by atoms with Gasteiger partial charge in [0.1, 0.15) is 6.10 Å². The molecular weight excluding hydrogens is 272 g/mol. The maximum Gasteiger partial charge on any atom is 0.330 e. The first-order chi connectivity index (χ1) is 10.8. The minimum atomic E-state index is -0.169. The average molecular weight is 306 g/mol. The van der Waals surface area contributed by atoms with Crippen LogP contribution < -0.4 is 0 Å². The lowest BCUT2D eigenvalue weighted by molar-refractivity contribution is -0.144. The Balaban J connectivity index is 1.81. The molecule has 2 nitrogen and oxygen atoms in total. The summed E-state index contributed by atoms with van der Waals surface area (Å²) in [6.45, 7) is 2.26. The van der Waals surface area contributed by atoms with Gasteiger partial charge in [0.15, 0.2) is 0 Å². The van der Waals surface area contributed by atoms with Gasteiger partial charge in [-0.3, -0.25) is 0 Å². The van der Waals surface area contributed by atoms with Gasteiger partial charge in [0.25, 0.3) is 0 Å². The Morgan fingerprint density at radius 1 is 1.00 bits per heavy atom. The van der Waals surface area contributed by atoms with Crippen molar-refractivity contribution >= 4 is 5.97 Å². The highest BCUT2D eigenvalue weighted by atomic mass is 16.5. The molecule has 0 fully saturated rings. The lowest BCUT2D eigenvalue weighted by Gasteiger charge is -2.18. The molecule has 0 aliphatic carbocycles. The normalized spacial score (nSPS) is 18.0. The highest BCUT2D eigenvalue weighted by Gasteiger charge is 2.14. The molecule has 22 heavy (non-hydrogen) atoms. The van der Waals surface area contributed by atoms with Crippen LogP contribution in [0.3, 0.4) is 0 Å². The Kier molecular flexibility index (Phi) is 11.7. The maximum atomic E-state index is 11.1. The Hall–Kier alpha value is -1.05. The molecule has 0 aromatic heterocycles. The van der Waals surface area contributed by atoms with Gasteiger partial charge in [0, 0.05) is 12.5 Å². The van der Waals surface area contributed by atoms with E-state index in [-0.39, 0.29) is 12.1 Å². The first kappa shape index (κ1) is 19.0. The zero-order valence-corrected chi connectivity index (χ0v) is 14.4. The Bertz CT molecular complexity index is 331. The van der Waals surface area contributed by atoms with Crippen LogP contribution in [0.5, 0.6) is 0 Å². The molecule has 1 heterocycles. The zero-order valence-electron chi connectivity index (χ0n) is 14.4. The number of allylic oxidation sites excluding steroid dienone is 2. The number of hydrogen-bond donors (Lipinski definition) is 0. The molecule has 2 heteroatoms. The molecule has 1 rings (SSSR count). The first-order valence-electron chi connectivity index (χ1n) is 9.35. The number of unbranched alkanes of at least 4 members (excludes halogenated alkanes) is 9. The van der Waals surface area contributed by atoms with Crippen LogP contribution in [-0.4, -0.2) is 12.1 Å². The van der Waals surface area contributed by atoms with Crippen LogP contribution in [0.2, 0.25) is 0 Å². The predicted octanol–water partition coefficient (Wildman–Crippen LogP) is 6.12. The van der Waals surface area contributed by atoms with Crippen LogP contribution in [0.1, 0.15) is 90.4 Å². The van der Waals surface area contributed by atoms with E-state index in [9.17, 15) is 4.79 Å². The average Bonchev–Trinajstić information content (AvgIpc) is 2.52. The zero-order chi connectivity index (χ0) is 15.9. The lowest BCUT2D eigenvalue weighted by Crippen LogP contribution is -2.19. The van der Waals surface area contributed by atoms with Gasteiger partial charge in [-0.2, -0.15) is 0 Å². The summed E-state index contributed by atoms with van der Waals surface area (Å²) in [4.78, 5) is 11.1. The molecular formula is C20H34O2. The van der Waals surface area contributed by atoms with Crippen molar-refractivity contribution in [2.75, 3.05) is 0 Å². The predicted molar refractivity (Wildman–Crippen MR) is 93.9 cm³/mol. The third kappa shape index (κ3) is 10.6. The highest BCUT2D eigenvalue weighted by molar-refractivity contribution is 5.82. The van der Waals surface area contributed by atoms with E-state index in [4.69, 9.17) is 4.74 Å². The van der Waals surface area contributed by atoms with Crippen LogP contribution in [0.4, 0.5) is 0 Å². The second-order valence-electron chi connectivity index (χ2n) is 6.36. The molecule has 1 aliphatic rings. The van der Waals surface area contributed by atoms with E-state index < -0.39 is 0 Å². The molecule has 0 amide bonds. The van der Waals surface area contributed by atoms with Crippen LogP contribution in [0, 0.1) is 0 Å². The molecule has 0 spiro atoms. The topological polar surface area (TPSA) is 26.3 Å². The molecule has 0 saturated carbocycles. The van der Waals surface area contributed by atoms with Crippen LogP contribution >= 0.6 is 0 Å². The van der Waals surface area contributed by atoms with Crippen molar-refractivity contribution in [3.63, 3.8) is 0 Å². The maximum absolute atomic E-state index is 11.1. The van der Waals surface area contributed by atoms with E-state index in [2.05, 4.69) is 19.1 Å². The fourth-order valence-corrected chi connectivity index (χ4v) is 2.83. The van der Waals surface area contributed by atoms with Crippen molar-refractivity contribution in [3.05, 3.63) is 24.3 Å². The summed E-state index contributed by atoms with van der Waals surface area (Å²) in [5.41, 5.74) is 0. The van der Waals surface area contributed by atoms with E-state index in [0.717, 1.165) is 12.8 Å². The van der Waals surface area contributed by atoms with Gasteiger partial charge in [0.2, 0.25) is 0 Å². The number of carbonyl (C=O) groups excluding carboxylic acids is 1. The van der Waals surface area contributed by atoms with Gasteiger partial charge in [-0.1, -0.05) is 63.7 Å². The minimum Gasteiger partial charge on any atom is -0.459 e. The highest BCUT2D eigenvalue weighted by Crippen LogP contribution is 2.16. The monoisotopic (exact) mass is 306 g/mol. The van der Waals surface area contributed by atoms with Gasteiger partial charge in [-0.15, -0.1) is 0 Å². The lowest BCUT2D eigenvalue weighted by atomic mass is 10.0. The van der Waals surface area contributed by atoms with Crippen molar-refractivity contribution in [1.29, 1.82) is 0 Å². The van der Waals surface area contributed by atoms with Crippen molar-refractivity contribution in [2.45, 2.75) is 96.5 Å². The van der Waals surface area contributed by atoms with E-state index >= 15 is 0 Å². The molecule has 1 aliphatic heterocycles. The number of rotatable bonds is 13. The molecule has 0 saturated heterocycles. The molecule has 0 aromatic carbocycles. The largest absolute Gasteiger partial charge is 0.459 e. The fraction of sp³-hybridized carbons (Fsp3) is 0.750. The summed E-state index contributed by atoms with van der Waals surface area (Å²) >= 11 is 0. The molecule has 0 aromatic rings. The summed E-state index contributed by atoms with van der Waals surface area (Å²) in [7, 11) is 0. The van der Waals surface area contributed by atoms with Gasteiger partial charge in [-0.05, 0) is 38.5 Å². The quantitative estimate of drug-likeness (QED) is 0.233. The number of hydrogen-bond acceptors (Lipinski definition) is 2. The molecule has 0 bridgehead atoms. The first-order valence-corrected chi connectivity index (χ1v) is 9.35. The third-order valence-corrected chi connectivity index (χ3v) is 4.22. The number of ether oxygens (including phenoxy) is 1. The molecule has 126 valence electrons. The standard InChI is InChI=1S/C20H34O2/c1-2-3-4-5-6-7-8-9-10-11-12-13-14-16-19-17-15-18-20(21)22-19/h7-8,15,18-19H,2-6,9-14,16-17H2,1H3/b8-7-/t19-/m0/s1. The third-order valence-electron chi connectivity index (χ3n) is 4.22. The second kappa shape index (κ2) is 13.6. The Labute approximate surface area is 137 Å². The van der Waals surface area contributed by atoms with Crippen LogP contribution in [-0.2, 0) is 9.53 Å². The van der Waals surface area contributed by atoms with Crippen LogP contribution in [0.15, 0.2) is 24.3 Å². The molecule has 0 N–H and O–H groups in total. The summed E-state index contributed by atoms with van der Waals surface area (Å²) in [6.07, 6.45) is 24.6. The minimum absolute atomic E-state index is 0.133. The Morgan fingerprint density at radius 3 is 2.32 bits per heavy atom. The Morgan fingerprint density at radius 2 is 1.64 bits per heavy atom. The van der Waals surface area contributed by atoms with Gasteiger partial charge in [-0.25, -0.2) is 4.79 Å². The van der Waals surface area contributed by atoms with Crippen molar-refractivity contribution < 1.29 is 9.53 Å². The van der Waals surface area contributed by atoms with E-state index in [1.165, 1.54) is 76.7 Å². The summed E-state index contributed by atoms with van der Waals surface area (Å²) in [6, 6.07) is 0. The number of carbonyl (C=O) groups is 1. The smallest absolute Gasteiger partial charge is 0.330 e. The van der Waals surface area contributed by atoms with E-state index in [0.29, 0.717) is 0 Å². The summed E-state index contributed by atoms with van der Waals surface area (Å²) in [5.74, 6) is -0.169. The van der Waals surface area contributed by atoms with Crippen molar-refractivity contribution in [1.82, 2.24) is 0 Å². The SMILES string of the molecule is CCCCCC/C=C\CCCCCCC[C@H]1CC=CC(=O)O1. The van der Waals surface area contributed by atoms with E-state index in [1.54, 1.807) is 0 Å². The van der Waals surface area contributed by atoms with Crippen LogP contribution in [0.25, 0.3) is 0 Å². The number of cyclic esters (lactones) is 1. The van der Waals surface area contributed by atoms with Gasteiger partial charge in [0.05, 0.1) is 0 Å². The summed E-state index contributed by atoms with van der Waals surface area (Å²) < 4.78 is 5.26.